The molecule has 0 aliphatic rings. The summed E-state index contributed by atoms with van der Waals surface area (Å²) in [7, 11) is 2.90. The number of ether oxygens (including phenoxy) is 3. The first kappa shape index (κ1) is 16.9. The van der Waals surface area contributed by atoms with Crippen molar-refractivity contribution in [3.8, 4) is 40.6 Å². The molecule has 0 fully saturated rings. The van der Waals surface area contributed by atoms with Crippen molar-refractivity contribution < 1.29 is 14.2 Å². The van der Waals surface area contributed by atoms with Crippen molar-refractivity contribution >= 4 is 5.82 Å². The van der Waals surface area contributed by atoms with Gasteiger partial charge in [0.1, 0.15) is 29.1 Å². The van der Waals surface area contributed by atoms with Gasteiger partial charge in [0.2, 0.25) is 5.88 Å². The smallest absolute Gasteiger partial charge is 0.234 e. The molecule has 2 rings (SSSR count). The van der Waals surface area contributed by atoms with E-state index in [2.05, 4.69) is 4.98 Å². The second-order valence-corrected chi connectivity index (χ2v) is 4.65. The molecule has 0 saturated carbocycles. The van der Waals surface area contributed by atoms with Gasteiger partial charge in [0.15, 0.2) is 11.5 Å². The second kappa shape index (κ2) is 7.21. The van der Waals surface area contributed by atoms with E-state index >= 15 is 0 Å². The standard InChI is InChI=1S/C17H16N4O3/c1-4-24-13-6-5-10(7-14(13)22-2)15-11(8-18)16(20)21-17(23-3)12(15)9-19/h5-7H,4H2,1-3H3,(H2,20,21). The Kier molecular flexibility index (Phi) is 5.08. The van der Waals surface area contributed by atoms with Crippen molar-refractivity contribution in [1.29, 1.82) is 10.5 Å². The van der Waals surface area contributed by atoms with Gasteiger partial charge in [0.25, 0.3) is 0 Å². The Labute approximate surface area is 139 Å². The number of methoxy groups -OCH3 is 2. The highest BCUT2D eigenvalue weighted by atomic mass is 16.5. The van der Waals surface area contributed by atoms with Crippen LogP contribution in [0.4, 0.5) is 5.82 Å². The molecule has 1 aromatic heterocycles. The third-order valence-corrected chi connectivity index (χ3v) is 3.36. The lowest BCUT2D eigenvalue weighted by atomic mass is 9.96. The summed E-state index contributed by atoms with van der Waals surface area (Å²) in [5, 5.41) is 18.9. The Morgan fingerprint density at radius 1 is 1.08 bits per heavy atom. The SMILES string of the molecule is CCOc1ccc(-c2c(C#N)c(N)nc(OC)c2C#N)cc1OC. The van der Waals surface area contributed by atoms with Crippen LogP contribution < -0.4 is 19.9 Å². The predicted molar refractivity (Wildman–Crippen MR) is 87.8 cm³/mol. The predicted octanol–water partition coefficient (Wildman–Crippen LogP) is 2.49. The van der Waals surface area contributed by atoms with Gasteiger partial charge in [-0.1, -0.05) is 6.07 Å². The molecular formula is C17H16N4O3. The molecule has 24 heavy (non-hydrogen) atoms. The quantitative estimate of drug-likeness (QED) is 0.898. The van der Waals surface area contributed by atoms with E-state index in [4.69, 9.17) is 19.9 Å². The second-order valence-electron chi connectivity index (χ2n) is 4.65. The van der Waals surface area contributed by atoms with Crippen molar-refractivity contribution in [3.63, 3.8) is 0 Å². The molecule has 0 saturated heterocycles. The summed E-state index contributed by atoms with van der Waals surface area (Å²) >= 11 is 0. The van der Waals surface area contributed by atoms with Crippen LogP contribution in [0.1, 0.15) is 18.1 Å². The minimum absolute atomic E-state index is 0.00352. The van der Waals surface area contributed by atoms with E-state index < -0.39 is 0 Å². The van der Waals surface area contributed by atoms with Crippen LogP contribution in [0.2, 0.25) is 0 Å². The normalized spacial score (nSPS) is 9.71. The van der Waals surface area contributed by atoms with Gasteiger partial charge in [-0.25, -0.2) is 0 Å². The third kappa shape index (κ3) is 2.88. The van der Waals surface area contributed by atoms with E-state index in [-0.39, 0.29) is 22.8 Å². The molecule has 7 nitrogen and oxygen atoms in total. The van der Waals surface area contributed by atoms with E-state index in [1.54, 1.807) is 18.2 Å². The first-order valence-corrected chi connectivity index (χ1v) is 7.10. The number of rotatable bonds is 5. The molecule has 0 aliphatic carbocycles. The molecule has 7 heteroatoms. The molecule has 122 valence electrons. The highest BCUT2D eigenvalue weighted by Crippen LogP contribution is 2.38. The number of nitrogen functional groups attached to an aromatic ring is 1. The number of nitriles is 2. The molecule has 0 bridgehead atoms. The summed E-state index contributed by atoms with van der Waals surface area (Å²) < 4.78 is 15.9. The van der Waals surface area contributed by atoms with Crippen LogP contribution in [0, 0.1) is 22.7 Å². The molecule has 2 N–H and O–H groups in total. The van der Waals surface area contributed by atoms with Crippen LogP contribution in [0.25, 0.3) is 11.1 Å². The number of hydrogen-bond donors (Lipinski definition) is 1. The number of nitrogens with zero attached hydrogens (tertiary/aromatic N) is 3. The number of aromatic nitrogens is 1. The van der Waals surface area contributed by atoms with E-state index in [1.165, 1.54) is 14.2 Å². The largest absolute Gasteiger partial charge is 0.493 e. The fourth-order valence-corrected chi connectivity index (χ4v) is 2.33. The van der Waals surface area contributed by atoms with Crippen LogP contribution in [0.15, 0.2) is 18.2 Å². The van der Waals surface area contributed by atoms with E-state index in [0.717, 1.165) is 0 Å². The number of pyridine rings is 1. The van der Waals surface area contributed by atoms with Crippen molar-refractivity contribution in [3.05, 3.63) is 29.3 Å². The Morgan fingerprint density at radius 3 is 2.33 bits per heavy atom. The summed E-state index contributed by atoms with van der Waals surface area (Å²) in [5.41, 5.74) is 7.01. The maximum atomic E-state index is 9.49. The van der Waals surface area contributed by atoms with Crippen molar-refractivity contribution in [2.75, 3.05) is 26.6 Å². The topological polar surface area (TPSA) is 114 Å². The molecular weight excluding hydrogens is 308 g/mol. The molecule has 2 aromatic rings. The van der Waals surface area contributed by atoms with Crippen molar-refractivity contribution in [2.24, 2.45) is 0 Å². The van der Waals surface area contributed by atoms with Crippen LogP contribution in [0.3, 0.4) is 0 Å². The summed E-state index contributed by atoms with van der Waals surface area (Å²) in [6.07, 6.45) is 0. The van der Waals surface area contributed by atoms with Gasteiger partial charge < -0.3 is 19.9 Å². The summed E-state index contributed by atoms with van der Waals surface area (Å²) in [4.78, 5) is 3.96. The van der Waals surface area contributed by atoms with Crippen molar-refractivity contribution in [1.82, 2.24) is 4.98 Å². The average molecular weight is 324 g/mol. The molecule has 0 amide bonds. The maximum Gasteiger partial charge on any atom is 0.234 e. The molecule has 0 radical (unpaired) electrons. The molecule has 0 spiro atoms. The zero-order valence-electron chi connectivity index (χ0n) is 13.6. The van der Waals surface area contributed by atoms with Gasteiger partial charge in [-0.2, -0.15) is 15.5 Å². The minimum Gasteiger partial charge on any atom is -0.493 e. The third-order valence-electron chi connectivity index (χ3n) is 3.36. The lowest BCUT2D eigenvalue weighted by Gasteiger charge is -2.14. The summed E-state index contributed by atoms with van der Waals surface area (Å²) in [5.74, 6) is 1.11. The number of nitrogens with two attached hydrogens (primary N) is 1. The van der Waals surface area contributed by atoms with Gasteiger partial charge in [0, 0.05) is 5.56 Å². The highest BCUT2D eigenvalue weighted by molar-refractivity contribution is 5.83. The highest BCUT2D eigenvalue weighted by Gasteiger charge is 2.21. The Balaban J connectivity index is 2.79. The Bertz CT molecular complexity index is 850. The molecule has 1 heterocycles. The first-order valence-electron chi connectivity index (χ1n) is 7.10. The van der Waals surface area contributed by atoms with Crippen LogP contribution >= 0.6 is 0 Å². The zero-order chi connectivity index (χ0) is 17.7. The lowest BCUT2D eigenvalue weighted by molar-refractivity contribution is 0.311. The van der Waals surface area contributed by atoms with E-state index in [9.17, 15) is 10.5 Å². The Morgan fingerprint density at radius 2 is 1.79 bits per heavy atom. The van der Waals surface area contributed by atoms with E-state index in [0.29, 0.717) is 29.2 Å². The van der Waals surface area contributed by atoms with Crippen molar-refractivity contribution in [2.45, 2.75) is 6.92 Å². The zero-order valence-corrected chi connectivity index (χ0v) is 13.6. The van der Waals surface area contributed by atoms with Gasteiger partial charge >= 0.3 is 0 Å². The maximum absolute atomic E-state index is 9.49. The van der Waals surface area contributed by atoms with E-state index in [1.807, 2.05) is 19.1 Å². The lowest BCUT2D eigenvalue weighted by Crippen LogP contribution is -2.04. The van der Waals surface area contributed by atoms with Gasteiger partial charge in [0.05, 0.1) is 20.8 Å². The molecule has 1 aromatic carbocycles. The molecule has 0 unspecified atom stereocenters. The molecule has 0 aliphatic heterocycles. The Hall–Kier alpha value is -3.45. The average Bonchev–Trinajstić information content (AvgIpc) is 2.61. The number of benzene rings is 1. The number of hydrogen-bond acceptors (Lipinski definition) is 7. The van der Waals surface area contributed by atoms with Gasteiger partial charge in [-0.3, -0.25) is 0 Å². The number of anilines is 1. The minimum atomic E-state index is -0.00352. The van der Waals surface area contributed by atoms with Gasteiger partial charge in [-0.05, 0) is 24.6 Å². The van der Waals surface area contributed by atoms with Crippen LogP contribution in [-0.2, 0) is 0 Å². The fourth-order valence-electron chi connectivity index (χ4n) is 2.33. The molecule has 0 atom stereocenters. The monoisotopic (exact) mass is 324 g/mol. The van der Waals surface area contributed by atoms with Crippen LogP contribution in [0.5, 0.6) is 17.4 Å². The summed E-state index contributed by atoms with van der Waals surface area (Å²) in [6, 6.07) is 9.14. The van der Waals surface area contributed by atoms with Crippen LogP contribution in [-0.4, -0.2) is 25.8 Å². The summed E-state index contributed by atoms with van der Waals surface area (Å²) in [6.45, 7) is 2.35. The fraction of sp³-hybridized carbons (Fsp3) is 0.235. The van der Waals surface area contributed by atoms with Gasteiger partial charge in [-0.15, -0.1) is 0 Å². The first-order chi connectivity index (χ1) is 11.6.